The number of allylic oxidation sites excluding steroid dienone is 2. The van der Waals surface area contributed by atoms with E-state index >= 15 is 0 Å². The van der Waals surface area contributed by atoms with Crippen molar-refractivity contribution in [2.75, 3.05) is 26.2 Å². The molecule has 1 aliphatic carbocycles. The second kappa shape index (κ2) is 13.9. The lowest BCUT2D eigenvalue weighted by Gasteiger charge is -2.38. The smallest absolute Gasteiger partial charge is 0.325 e. The molecule has 0 saturated carbocycles. The van der Waals surface area contributed by atoms with Gasteiger partial charge >= 0.3 is 5.97 Å². The highest BCUT2D eigenvalue weighted by Gasteiger charge is 2.30. The number of amides is 2. The zero-order valence-corrected chi connectivity index (χ0v) is 20.7. The maximum absolute atomic E-state index is 12.9. The fourth-order valence-corrected chi connectivity index (χ4v) is 5.06. The van der Waals surface area contributed by atoms with Crippen LogP contribution in [0.1, 0.15) is 76.7 Å². The lowest BCUT2D eigenvalue weighted by Crippen LogP contribution is -2.39. The molecule has 3 rings (SSSR count). The standard InChI is InChI=1S/C28H40N2O4/c1-2-34-28(33)22-29(20-9-8-14-23-12-4-3-5-13-23)26(31)18-10-19-27(32)30-21-11-16-24-15-6-7-17-25(24)30/h3-5,12-13,17,24H,2,6-11,14-16,18-22H2,1H3. The number of aryl methyl sites for hydroxylation is 1. The van der Waals surface area contributed by atoms with E-state index in [1.165, 1.54) is 30.5 Å². The molecule has 34 heavy (non-hydrogen) atoms. The van der Waals surface area contributed by atoms with E-state index in [1.54, 1.807) is 11.8 Å². The van der Waals surface area contributed by atoms with Crippen molar-refractivity contribution in [3.63, 3.8) is 0 Å². The zero-order chi connectivity index (χ0) is 24.2. The van der Waals surface area contributed by atoms with Crippen molar-refractivity contribution in [1.82, 2.24) is 9.80 Å². The predicted octanol–water partition coefficient (Wildman–Crippen LogP) is 4.88. The van der Waals surface area contributed by atoms with Gasteiger partial charge in [-0.05, 0) is 76.2 Å². The molecule has 1 aromatic carbocycles. The lowest BCUT2D eigenvalue weighted by atomic mass is 9.85. The Labute approximate surface area is 204 Å². The van der Waals surface area contributed by atoms with Gasteiger partial charge in [-0.2, -0.15) is 0 Å². The summed E-state index contributed by atoms with van der Waals surface area (Å²) in [5.41, 5.74) is 2.49. The van der Waals surface area contributed by atoms with E-state index in [9.17, 15) is 14.4 Å². The summed E-state index contributed by atoms with van der Waals surface area (Å²) < 4.78 is 5.07. The van der Waals surface area contributed by atoms with Crippen LogP contribution in [0.25, 0.3) is 0 Å². The van der Waals surface area contributed by atoms with E-state index in [2.05, 4.69) is 18.2 Å². The van der Waals surface area contributed by atoms with Gasteiger partial charge in [0.25, 0.3) is 0 Å². The Kier molecular flexibility index (Phi) is 10.6. The van der Waals surface area contributed by atoms with Crippen LogP contribution in [0.5, 0.6) is 0 Å². The summed E-state index contributed by atoms with van der Waals surface area (Å²) in [7, 11) is 0. The van der Waals surface area contributed by atoms with Crippen molar-refractivity contribution >= 4 is 17.8 Å². The molecule has 1 fully saturated rings. The van der Waals surface area contributed by atoms with Crippen molar-refractivity contribution < 1.29 is 19.1 Å². The van der Waals surface area contributed by atoms with Crippen LogP contribution in [0.2, 0.25) is 0 Å². The minimum absolute atomic E-state index is 0.0212. The van der Waals surface area contributed by atoms with Crippen molar-refractivity contribution in [2.45, 2.75) is 77.6 Å². The molecule has 2 amide bonds. The molecule has 1 atom stereocenters. The van der Waals surface area contributed by atoms with Gasteiger partial charge < -0.3 is 14.5 Å². The number of carbonyl (C=O) groups is 3. The number of hydrogen-bond acceptors (Lipinski definition) is 4. The second-order valence-corrected chi connectivity index (χ2v) is 9.36. The Hall–Kier alpha value is -2.63. The van der Waals surface area contributed by atoms with Crippen LogP contribution in [0.15, 0.2) is 42.1 Å². The molecule has 0 bridgehead atoms. The van der Waals surface area contributed by atoms with Gasteiger partial charge in [0.1, 0.15) is 6.54 Å². The predicted molar refractivity (Wildman–Crippen MR) is 133 cm³/mol. The first-order valence-corrected chi connectivity index (χ1v) is 13.1. The van der Waals surface area contributed by atoms with Gasteiger partial charge in [0.15, 0.2) is 0 Å². The average molecular weight is 469 g/mol. The summed E-state index contributed by atoms with van der Waals surface area (Å²) in [6.45, 7) is 3.37. The van der Waals surface area contributed by atoms with Crippen molar-refractivity contribution in [3.05, 3.63) is 47.7 Å². The van der Waals surface area contributed by atoms with Crippen LogP contribution >= 0.6 is 0 Å². The van der Waals surface area contributed by atoms with Gasteiger partial charge in [-0.25, -0.2) is 0 Å². The first kappa shape index (κ1) is 26.0. The number of esters is 1. The first-order valence-electron chi connectivity index (χ1n) is 13.1. The number of rotatable bonds is 12. The third-order valence-electron chi connectivity index (χ3n) is 6.82. The van der Waals surface area contributed by atoms with Gasteiger partial charge in [0.05, 0.1) is 6.61 Å². The Balaban J connectivity index is 1.45. The molecule has 1 saturated heterocycles. The van der Waals surface area contributed by atoms with Crippen LogP contribution in [-0.2, 0) is 25.5 Å². The molecule has 0 N–H and O–H groups in total. The highest BCUT2D eigenvalue weighted by molar-refractivity contribution is 5.83. The second-order valence-electron chi connectivity index (χ2n) is 9.36. The summed E-state index contributed by atoms with van der Waals surface area (Å²) in [5, 5.41) is 0. The van der Waals surface area contributed by atoms with Gasteiger partial charge in [0, 0.05) is 31.6 Å². The topological polar surface area (TPSA) is 66.9 Å². The third kappa shape index (κ3) is 8.00. The quantitative estimate of drug-likeness (QED) is 0.324. The Morgan fingerprint density at radius 2 is 1.82 bits per heavy atom. The molecule has 1 aliphatic heterocycles. The number of piperidine rings is 1. The number of ether oxygens (including phenoxy) is 1. The summed E-state index contributed by atoms with van der Waals surface area (Å²) in [6, 6.07) is 10.3. The number of unbranched alkanes of at least 4 members (excludes halogenated alkanes) is 1. The van der Waals surface area contributed by atoms with Crippen molar-refractivity contribution in [2.24, 2.45) is 5.92 Å². The monoisotopic (exact) mass is 468 g/mol. The summed E-state index contributed by atoms with van der Waals surface area (Å²) in [4.78, 5) is 41.4. The highest BCUT2D eigenvalue weighted by atomic mass is 16.5. The SMILES string of the molecule is CCOC(=O)CN(CCCCc1ccccc1)C(=O)CCCC(=O)N1CCCC2CCCC=C21. The molecular weight excluding hydrogens is 428 g/mol. The van der Waals surface area contributed by atoms with Gasteiger partial charge in [-0.1, -0.05) is 36.4 Å². The van der Waals surface area contributed by atoms with Crippen LogP contribution in [0.4, 0.5) is 0 Å². The Morgan fingerprint density at radius 1 is 1.03 bits per heavy atom. The highest BCUT2D eigenvalue weighted by Crippen LogP contribution is 2.35. The Bertz CT molecular complexity index is 836. The first-order chi connectivity index (χ1) is 16.6. The molecule has 186 valence electrons. The maximum atomic E-state index is 12.9. The van der Waals surface area contributed by atoms with Crippen LogP contribution in [-0.4, -0.2) is 53.8 Å². The molecule has 6 nitrogen and oxygen atoms in total. The average Bonchev–Trinajstić information content (AvgIpc) is 2.86. The van der Waals surface area contributed by atoms with E-state index in [-0.39, 0.29) is 30.7 Å². The van der Waals surface area contributed by atoms with Crippen LogP contribution < -0.4 is 0 Å². The van der Waals surface area contributed by atoms with Crippen LogP contribution in [0.3, 0.4) is 0 Å². The van der Waals surface area contributed by atoms with Gasteiger partial charge in [0.2, 0.25) is 11.8 Å². The number of hydrogen-bond donors (Lipinski definition) is 0. The van der Waals surface area contributed by atoms with Gasteiger partial charge in [-0.15, -0.1) is 0 Å². The van der Waals surface area contributed by atoms with E-state index in [1.807, 2.05) is 23.1 Å². The summed E-state index contributed by atoms with van der Waals surface area (Å²) >= 11 is 0. The molecule has 0 radical (unpaired) electrons. The molecule has 1 aromatic rings. The molecule has 0 aromatic heterocycles. The molecule has 2 aliphatic rings. The minimum atomic E-state index is -0.376. The molecule has 1 unspecified atom stereocenters. The summed E-state index contributed by atoms with van der Waals surface area (Å²) in [6.07, 6.45) is 11.8. The minimum Gasteiger partial charge on any atom is -0.465 e. The fraction of sp³-hybridized carbons (Fsp3) is 0.607. The van der Waals surface area contributed by atoms with Crippen LogP contribution in [0, 0.1) is 5.92 Å². The van der Waals surface area contributed by atoms with E-state index in [0.717, 1.165) is 38.6 Å². The summed E-state index contributed by atoms with van der Waals surface area (Å²) in [5.74, 6) is 0.210. The third-order valence-corrected chi connectivity index (χ3v) is 6.82. The molecule has 6 heteroatoms. The number of nitrogens with zero attached hydrogens (tertiary/aromatic N) is 2. The van der Waals surface area contributed by atoms with E-state index < -0.39 is 0 Å². The zero-order valence-electron chi connectivity index (χ0n) is 20.7. The van der Waals surface area contributed by atoms with Gasteiger partial charge in [-0.3, -0.25) is 14.4 Å². The number of fused-ring (bicyclic) bond motifs is 1. The van der Waals surface area contributed by atoms with Crippen molar-refractivity contribution in [1.29, 1.82) is 0 Å². The maximum Gasteiger partial charge on any atom is 0.325 e. The molecular formula is C28H40N2O4. The van der Waals surface area contributed by atoms with E-state index in [0.29, 0.717) is 31.9 Å². The van der Waals surface area contributed by atoms with Crippen molar-refractivity contribution in [3.8, 4) is 0 Å². The molecule has 0 spiro atoms. The largest absolute Gasteiger partial charge is 0.465 e. The fourth-order valence-electron chi connectivity index (χ4n) is 5.06. The number of likely N-dealkylation sites (tertiary alicyclic amines) is 1. The molecule has 1 heterocycles. The number of benzene rings is 1. The normalized spacial score (nSPS) is 17.5. The van der Waals surface area contributed by atoms with E-state index in [4.69, 9.17) is 4.74 Å². The number of carbonyl (C=O) groups excluding carboxylic acids is 3. The Morgan fingerprint density at radius 3 is 2.62 bits per heavy atom. The lowest BCUT2D eigenvalue weighted by molar-refractivity contribution is -0.149.